The third kappa shape index (κ3) is 6.41. The molecule has 4 rings (SSSR count). The molecule has 35 heavy (non-hydrogen) atoms. The van der Waals surface area contributed by atoms with Crippen molar-refractivity contribution in [1.29, 1.82) is 0 Å². The van der Waals surface area contributed by atoms with Crippen LogP contribution in [0.15, 0.2) is 22.4 Å². The number of esters is 1. The number of fused-ring (bicyclic) bond motifs is 1. The summed E-state index contributed by atoms with van der Waals surface area (Å²) in [5, 5.41) is 5.56. The Morgan fingerprint density at radius 3 is 2.83 bits per heavy atom. The molecule has 2 aromatic heterocycles. The lowest BCUT2D eigenvalue weighted by atomic mass is 9.95. The molecule has 0 aromatic carbocycles. The van der Waals surface area contributed by atoms with Crippen LogP contribution in [0, 0.1) is 0 Å². The predicted molar refractivity (Wildman–Crippen MR) is 148 cm³/mol. The standard InChI is InChI=1S/C25H28N2O4S4/c1-2-31-24(30)21-17-10-5-6-11-18(17)34-22(21)26-20(28)12-4-3-7-13-27-23(29)19(35-25(27)32)15-16-9-8-14-33-16/h8-9,14-15H,2-7,10-13H2,1H3,(H,26,28)/b19-15+. The van der Waals surface area contributed by atoms with E-state index in [-0.39, 0.29) is 17.8 Å². The van der Waals surface area contributed by atoms with E-state index in [4.69, 9.17) is 17.0 Å². The normalized spacial score (nSPS) is 16.6. The van der Waals surface area contributed by atoms with Gasteiger partial charge < -0.3 is 10.1 Å². The summed E-state index contributed by atoms with van der Waals surface area (Å²) >= 11 is 9.84. The van der Waals surface area contributed by atoms with Gasteiger partial charge in [-0.15, -0.1) is 22.7 Å². The highest BCUT2D eigenvalue weighted by molar-refractivity contribution is 8.26. The number of unbranched alkanes of at least 4 members (excludes halogenated alkanes) is 2. The van der Waals surface area contributed by atoms with E-state index < -0.39 is 0 Å². The van der Waals surface area contributed by atoms with Gasteiger partial charge in [0.05, 0.1) is 17.1 Å². The fraction of sp³-hybridized carbons (Fsp3) is 0.440. The van der Waals surface area contributed by atoms with E-state index in [0.29, 0.717) is 45.8 Å². The number of thiocarbonyl (C=S) groups is 1. The van der Waals surface area contributed by atoms with Gasteiger partial charge in [0.25, 0.3) is 5.91 Å². The van der Waals surface area contributed by atoms with Gasteiger partial charge in [0, 0.05) is 22.7 Å². The molecular weight excluding hydrogens is 521 g/mol. The van der Waals surface area contributed by atoms with Gasteiger partial charge in [-0.25, -0.2) is 4.79 Å². The van der Waals surface area contributed by atoms with Crippen LogP contribution in [0.4, 0.5) is 5.00 Å². The van der Waals surface area contributed by atoms with Crippen molar-refractivity contribution in [3.05, 3.63) is 43.3 Å². The Morgan fingerprint density at radius 1 is 1.23 bits per heavy atom. The summed E-state index contributed by atoms with van der Waals surface area (Å²) < 4.78 is 5.85. The van der Waals surface area contributed by atoms with E-state index in [1.165, 1.54) is 28.0 Å². The largest absolute Gasteiger partial charge is 0.462 e. The number of carbonyl (C=O) groups is 3. The van der Waals surface area contributed by atoms with Crippen LogP contribution in [0.2, 0.25) is 0 Å². The molecule has 1 aliphatic heterocycles. The molecule has 2 amide bonds. The number of amides is 2. The number of thiophene rings is 2. The number of ether oxygens (including phenoxy) is 1. The van der Waals surface area contributed by atoms with E-state index >= 15 is 0 Å². The Balaban J connectivity index is 1.25. The third-order valence-corrected chi connectivity index (χ3v) is 9.28. The Labute approximate surface area is 223 Å². The van der Waals surface area contributed by atoms with Crippen LogP contribution in [-0.4, -0.2) is 40.2 Å². The smallest absolute Gasteiger partial charge is 0.341 e. The van der Waals surface area contributed by atoms with E-state index in [2.05, 4.69) is 5.32 Å². The summed E-state index contributed by atoms with van der Waals surface area (Å²) in [5.41, 5.74) is 1.59. The molecule has 1 fully saturated rings. The van der Waals surface area contributed by atoms with Gasteiger partial charge in [-0.1, -0.05) is 36.5 Å². The Kier molecular flexibility index (Phi) is 9.16. The molecule has 0 saturated carbocycles. The van der Waals surface area contributed by atoms with Crippen LogP contribution in [-0.2, 0) is 27.2 Å². The molecular formula is C25H28N2O4S4. The number of thioether (sulfide) groups is 1. The highest BCUT2D eigenvalue weighted by atomic mass is 32.2. The average Bonchev–Trinajstić information content (AvgIpc) is 3.53. The molecule has 3 heterocycles. The first-order valence-electron chi connectivity index (χ1n) is 11.9. The number of rotatable bonds is 10. The van der Waals surface area contributed by atoms with Crippen LogP contribution in [0.3, 0.4) is 0 Å². The van der Waals surface area contributed by atoms with E-state index in [1.807, 2.05) is 23.6 Å². The molecule has 0 spiro atoms. The Bertz CT molecular complexity index is 1140. The topological polar surface area (TPSA) is 75.7 Å². The first-order chi connectivity index (χ1) is 17.0. The van der Waals surface area contributed by atoms with E-state index in [1.54, 1.807) is 23.2 Å². The molecule has 10 heteroatoms. The fourth-order valence-corrected chi connectivity index (χ4v) is 7.51. The van der Waals surface area contributed by atoms with Crippen molar-refractivity contribution in [2.45, 2.75) is 58.3 Å². The molecule has 1 aliphatic carbocycles. The maximum Gasteiger partial charge on any atom is 0.341 e. The second kappa shape index (κ2) is 12.3. The number of anilines is 1. The van der Waals surface area contributed by atoms with Gasteiger partial charge in [0.2, 0.25) is 5.91 Å². The summed E-state index contributed by atoms with van der Waals surface area (Å²) in [5.74, 6) is -0.489. The van der Waals surface area contributed by atoms with Crippen molar-refractivity contribution in [1.82, 2.24) is 4.90 Å². The van der Waals surface area contributed by atoms with Crippen molar-refractivity contribution in [2.75, 3.05) is 18.5 Å². The molecule has 1 N–H and O–H groups in total. The minimum absolute atomic E-state index is 0.0423. The lowest BCUT2D eigenvalue weighted by Gasteiger charge is -2.14. The highest BCUT2D eigenvalue weighted by Gasteiger charge is 2.31. The third-order valence-electron chi connectivity index (χ3n) is 5.88. The number of hydrogen-bond acceptors (Lipinski definition) is 8. The Morgan fingerprint density at radius 2 is 2.06 bits per heavy atom. The first kappa shape index (κ1) is 26.1. The van der Waals surface area contributed by atoms with Gasteiger partial charge in [-0.3, -0.25) is 14.5 Å². The van der Waals surface area contributed by atoms with Gasteiger partial charge in [0.1, 0.15) is 9.32 Å². The molecule has 0 bridgehead atoms. The predicted octanol–water partition coefficient (Wildman–Crippen LogP) is 6.27. The number of aryl methyl sites for hydroxylation is 1. The minimum Gasteiger partial charge on any atom is -0.462 e. The fourth-order valence-electron chi connectivity index (χ4n) is 4.19. The molecule has 6 nitrogen and oxygen atoms in total. The summed E-state index contributed by atoms with van der Waals surface area (Å²) in [6.45, 7) is 2.65. The van der Waals surface area contributed by atoms with E-state index in [9.17, 15) is 14.4 Å². The van der Waals surface area contributed by atoms with Crippen molar-refractivity contribution >= 4 is 79.8 Å². The monoisotopic (exact) mass is 548 g/mol. The molecule has 0 radical (unpaired) electrons. The van der Waals surface area contributed by atoms with E-state index in [0.717, 1.165) is 49.0 Å². The van der Waals surface area contributed by atoms with Crippen LogP contribution in [0.25, 0.3) is 6.08 Å². The SMILES string of the molecule is CCOC(=O)c1c(NC(=O)CCCCCN2C(=O)/C(=C\c3cccs3)SC2=S)sc2c1CCCC2. The second-order valence-corrected chi connectivity index (χ2v) is 12.1. The van der Waals surface area contributed by atoms with Crippen molar-refractivity contribution in [3.8, 4) is 0 Å². The zero-order valence-corrected chi connectivity index (χ0v) is 22.9. The van der Waals surface area contributed by atoms with Crippen molar-refractivity contribution < 1.29 is 19.1 Å². The maximum atomic E-state index is 12.7. The van der Waals surface area contributed by atoms with Crippen LogP contribution < -0.4 is 5.32 Å². The second-order valence-electron chi connectivity index (χ2n) is 8.34. The van der Waals surface area contributed by atoms with Gasteiger partial charge in [-0.05, 0) is 68.5 Å². The number of nitrogens with one attached hydrogen (secondary N) is 1. The molecule has 1 saturated heterocycles. The molecule has 0 atom stereocenters. The summed E-state index contributed by atoms with van der Waals surface area (Å²) in [4.78, 5) is 42.4. The Hall–Kier alpha value is -2.01. The zero-order valence-electron chi connectivity index (χ0n) is 19.6. The minimum atomic E-state index is -0.348. The summed E-state index contributed by atoms with van der Waals surface area (Å²) in [6.07, 6.45) is 8.49. The summed E-state index contributed by atoms with van der Waals surface area (Å²) in [7, 11) is 0. The molecule has 2 aliphatic rings. The summed E-state index contributed by atoms with van der Waals surface area (Å²) in [6, 6.07) is 3.93. The molecule has 0 unspecified atom stereocenters. The lowest BCUT2D eigenvalue weighted by Crippen LogP contribution is -2.29. The molecule has 186 valence electrons. The lowest BCUT2D eigenvalue weighted by molar-refractivity contribution is -0.122. The highest BCUT2D eigenvalue weighted by Crippen LogP contribution is 2.39. The average molecular weight is 549 g/mol. The number of nitrogens with zero attached hydrogens (tertiary/aromatic N) is 1. The zero-order chi connectivity index (χ0) is 24.8. The van der Waals surface area contributed by atoms with Crippen LogP contribution >= 0.6 is 46.7 Å². The number of carbonyl (C=O) groups excluding carboxylic acids is 3. The van der Waals surface area contributed by atoms with Crippen molar-refractivity contribution in [2.24, 2.45) is 0 Å². The van der Waals surface area contributed by atoms with Gasteiger partial charge in [0.15, 0.2) is 0 Å². The van der Waals surface area contributed by atoms with Crippen LogP contribution in [0.1, 0.15) is 71.1 Å². The van der Waals surface area contributed by atoms with Gasteiger partial charge >= 0.3 is 5.97 Å². The quantitative estimate of drug-likeness (QED) is 0.163. The molecule has 2 aromatic rings. The van der Waals surface area contributed by atoms with Crippen molar-refractivity contribution in [3.63, 3.8) is 0 Å². The maximum absolute atomic E-state index is 12.7. The first-order valence-corrected chi connectivity index (χ1v) is 14.8. The van der Waals surface area contributed by atoms with Crippen LogP contribution in [0.5, 0.6) is 0 Å². The number of hydrogen-bond donors (Lipinski definition) is 1. The van der Waals surface area contributed by atoms with Gasteiger partial charge in [-0.2, -0.15) is 0 Å².